The summed E-state index contributed by atoms with van der Waals surface area (Å²) in [5.74, 6) is 0. The molecule has 1 aromatic carbocycles. The van der Waals surface area contributed by atoms with Gasteiger partial charge >= 0.3 is 0 Å². The Labute approximate surface area is 99.4 Å². The van der Waals surface area contributed by atoms with Crippen LogP contribution in [-0.2, 0) is 0 Å². The highest BCUT2D eigenvalue weighted by Crippen LogP contribution is 2.28. The summed E-state index contributed by atoms with van der Waals surface area (Å²) in [5, 5.41) is 3.56. The summed E-state index contributed by atoms with van der Waals surface area (Å²) >= 11 is 3.54. The molecule has 0 spiro atoms. The molecule has 0 atom stereocenters. The smallest absolute Gasteiger partial charge is 0.0507 e. The second-order valence-electron chi connectivity index (χ2n) is 4.22. The number of rotatable bonds is 2. The highest BCUT2D eigenvalue weighted by molar-refractivity contribution is 9.10. The standard InChI is InChI=1S/C12H17BrN2/c13-11-7-6-9(14)8-12(11)15-10-4-2-1-3-5-10/h6-8,10,15H,1-5,14H2. The first kappa shape index (κ1) is 10.8. The van der Waals surface area contributed by atoms with Crippen LogP contribution in [0.25, 0.3) is 0 Å². The minimum Gasteiger partial charge on any atom is -0.399 e. The fourth-order valence-electron chi connectivity index (χ4n) is 2.12. The summed E-state index contributed by atoms with van der Waals surface area (Å²) in [7, 11) is 0. The number of nitrogens with two attached hydrogens (primary N) is 1. The third-order valence-electron chi connectivity index (χ3n) is 2.96. The summed E-state index contributed by atoms with van der Waals surface area (Å²) in [6, 6.07) is 6.53. The topological polar surface area (TPSA) is 38.0 Å². The SMILES string of the molecule is Nc1ccc(Br)c(NC2CCCCC2)c1. The fourth-order valence-corrected chi connectivity index (χ4v) is 2.48. The van der Waals surface area contributed by atoms with E-state index >= 15 is 0 Å². The van der Waals surface area contributed by atoms with Crippen molar-refractivity contribution >= 4 is 27.3 Å². The largest absolute Gasteiger partial charge is 0.399 e. The van der Waals surface area contributed by atoms with Gasteiger partial charge in [0.1, 0.15) is 0 Å². The minimum absolute atomic E-state index is 0.622. The Morgan fingerprint density at radius 2 is 1.93 bits per heavy atom. The van der Waals surface area contributed by atoms with Gasteiger partial charge in [0.25, 0.3) is 0 Å². The van der Waals surface area contributed by atoms with Crippen LogP contribution in [0.15, 0.2) is 22.7 Å². The maximum Gasteiger partial charge on any atom is 0.0507 e. The maximum absolute atomic E-state index is 5.77. The number of nitrogens with one attached hydrogen (secondary N) is 1. The molecule has 1 aromatic rings. The third-order valence-corrected chi connectivity index (χ3v) is 3.65. The molecule has 3 heteroatoms. The van der Waals surface area contributed by atoms with Crippen LogP contribution in [-0.4, -0.2) is 6.04 Å². The van der Waals surface area contributed by atoms with Gasteiger partial charge in [-0.25, -0.2) is 0 Å². The van der Waals surface area contributed by atoms with Gasteiger partial charge < -0.3 is 11.1 Å². The van der Waals surface area contributed by atoms with Crippen LogP contribution in [0.4, 0.5) is 11.4 Å². The van der Waals surface area contributed by atoms with Gasteiger partial charge in [-0.1, -0.05) is 19.3 Å². The predicted molar refractivity (Wildman–Crippen MR) is 69.1 cm³/mol. The molecule has 1 fully saturated rings. The molecule has 0 heterocycles. The third kappa shape index (κ3) is 2.88. The Morgan fingerprint density at radius 1 is 1.20 bits per heavy atom. The number of halogens is 1. The van der Waals surface area contributed by atoms with Gasteiger partial charge in [-0.05, 0) is 47.0 Å². The summed E-state index contributed by atoms with van der Waals surface area (Å²) < 4.78 is 1.10. The molecule has 2 rings (SSSR count). The van der Waals surface area contributed by atoms with Gasteiger partial charge in [-0.15, -0.1) is 0 Å². The first-order valence-electron chi connectivity index (χ1n) is 5.57. The lowest BCUT2D eigenvalue weighted by atomic mass is 9.95. The zero-order valence-electron chi connectivity index (χ0n) is 8.80. The lowest BCUT2D eigenvalue weighted by Gasteiger charge is -2.24. The van der Waals surface area contributed by atoms with Crippen molar-refractivity contribution in [1.82, 2.24) is 0 Å². The van der Waals surface area contributed by atoms with Crippen LogP contribution >= 0.6 is 15.9 Å². The van der Waals surface area contributed by atoms with E-state index in [0.717, 1.165) is 15.8 Å². The van der Waals surface area contributed by atoms with E-state index in [1.165, 1.54) is 32.1 Å². The van der Waals surface area contributed by atoms with Crippen molar-refractivity contribution < 1.29 is 0 Å². The molecule has 0 bridgehead atoms. The lowest BCUT2D eigenvalue weighted by Crippen LogP contribution is -2.22. The molecule has 0 amide bonds. The van der Waals surface area contributed by atoms with Crippen molar-refractivity contribution in [3.63, 3.8) is 0 Å². The van der Waals surface area contributed by atoms with E-state index in [-0.39, 0.29) is 0 Å². The summed E-state index contributed by atoms with van der Waals surface area (Å²) in [6.45, 7) is 0. The molecule has 15 heavy (non-hydrogen) atoms. The highest BCUT2D eigenvalue weighted by atomic mass is 79.9. The summed E-state index contributed by atoms with van der Waals surface area (Å²) in [4.78, 5) is 0. The van der Waals surface area contributed by atoms with Crippen LogP contribution in [0.3, 0.4) is 0 Å². The van der Waals surface area contributed by atoms with Gasteiger partial charge in [0, 0.05) is 16.2 Å². The number of benzene rings is 1. The minimum atomic E-state index is 0.622. The number of nitrogen functional groups attached to an aromatic ring is 1. The molecule has 0 unspecified atom stereocenters. The second kappa shape index (κ2) is 4.88. The van der Waals surface area contributed by atoms with E-state index in [2.05, 4.69) is 21.2 Å². The van der Waals surface area contributed by atoms with E-state index < -0.39 is 0 Å². The quantitative estimate of drug-likeness (QED) is 0.802. The Balaban J connectivity index is 2.05. The monoisotopic (exact) mass is 268 g/mol. The number of hydrogen-bond donors (Lipinski definition) is 2. The molecule has 1 aliphatic carbocycles. The van der Waals surface area contributed by atoms with Crippen LogP contribution in [0.5, 0.6) is 0 Å². The molecular weight excluding hydrogens is 252 g/mol. The average Bonchev–Trinajstić information content (AvgIpc) is 2.25. The van der Waals surface area contributed by atoms with Gasteiger partial charge in [-0.2, -0.15) is 0 Å². The van der Waals surface area contributed by atoms with Gasteiger partial charge in [0.2, 0.25) is 0 Å². The first-order chi connectivity index (χ1) is 7.25. The van der Waals surface area contributed by atoms with Crippen molar-refractivity contribution in [2.24, 2.45) is 0 Å². The van der Waals surface area contributed by atoms with Crippen LogP contribution in [0.2, 0.25) is 0 Å². The van der Waals surface area contributed by atoms with E-state index in [9.17, 15) is 0 Å². The Kier molecular flexibility index (Phi) is 3.52. The fraction of sp³-hybridized carbons (Fsp3) is 0.500. The van der Waals surface area contributed by atoms with E-state index in [1.807, 2.05) is 18.2 Å². The molecule has 0 saturated heterocycles. The summed E-state index contributed by atoms with van der Waals surface area (Å²) in [6.07, 6.45) is 6.63. The summed E-state index contributed by atoms with van der Waals surface area (Å²) in [5.41, 5.74) is 7.71. The lowest BCUT2D eigenvalue weighted by molar-refractivity contribution is 0.462. The normalized spacial score (nSPS) is 17.7. The van der Waals surface area contributed by atoms with Crippen molar-refractivity contribution in [1.29, 1.82) is 0 Å². The highest BCUT2D eigenvalue weighted by Gasteiger charge is 2.13. The van der Waals surface area contributed by atoms with Gasteiger partial charge in [0.15, 0.2) is 0 Å². The molecule has 2 nitrogen and oxygen atoms in total. The van der Waals surface area contributed by atoms with Crippen molar-refractivity contribution in [2.45, 2.75) is 38.1 Å². The second-order valence-corrected chi connectivity index (χ2v) is 5.07. The van der Waals surface area contributed by atoms with Gasteiger partial charge in [-0.3, -0.25) is 0 Å². The zero-order chi connectivity index (χ0) is 10.7. The van der Waals surface area contributed by atoms with Crippen LogP contribution < -0.4 is 11.1 Å². The Hall–Kier alpha value is -0.700. The molecular formula is C12H17BrN2. The molecule has 82 valence electrons. The van der Waals surface area contributed by atoms with Crippen LogP contribution in [0.1, 0.15) is 32.1 Å². The van der Waals surface area contributed by atoms with Gasteiger partial charge in [0.05, 0.1) is 5.69 Å². The molecule has 1 aliphatic rings. The van der Waals surface area contributed by atoms with E-state index in [1.54, 1.807) is 0 Å². The molecule has 0 radical (unpaired) electrons. The average molecular weight is 269 g/mol. The van der Waals surface area contributed by atoms with Crippen molar-refractivity contribution in [3.8, 4) is 0 Å². The zero-order valence-corrected chi connectivity index (χ0v) is 10.4. The van der Waals surface area contributed by atoms with Crippen molar-refractivity contribution in [3.05, 3.63) is 22.7 Å². The molecule has 1 saturated carbocycles. The Bertz CT molecular complexity index is 332. The van der Waals surface area contributed by atoms with Crippen LogP contribution in [0, 0.1) is 0 Å². The van der Waals surface area contributed by atoms with E-state index in [0.29, 0.717) is 6.04 Å². The van der Waals surface area contributed by atoms with E-state index in [4.69, 9.17) is 5.73 Å². The number of hydrogen-bond acceptors (Lipinski definition) is 2. The predicted octanol–water partition coefficient (Wildman–Crippen LogP) is 3.78. The molecule has 0 aliphatic heterocycles. The molecule has 3 N–H and O–H groups in total. The first-order valence-corrected chi connectivity index (χ1v) is 6.36. The number of anilines is 2. The van der Waals surface area contributed by atoms with Crippen molar-refractivity contribution in [2.75, 3.05) is 11.1 Å². The Morgan fingerprint density at radius 3 is 2.67 bits per heavy atom. The maximum atomic E-state index is 5.77. The molecule has 0 aromatic heterocycles.